The number of hydrogen-bond donors (Lipinski definition) is 1. The van der Waals surface area contributed by atoms with Gasteiger partial charge in [-0.15, -0.1) is 0 Å². The number of azo groups is 1. The summed E-state index contributed by atoms with van der Waals surface area (Å²) in [5.41, 5.74) is 1.90. The molecule has 3 aliphatic rings. The van der Waals surface area contributed by atoms with Gasteiger partial charge in [-0.3, -0.25) is 0 Å². The van der Waals surface area contributed by atoms with Gasteiger partial charge in [0.1, 0.15) is 17.0 Å². The number of halogens is 2. The van der Waals surface area contributed by atoms with Crippen LogP contribution in [0.4, 0.5) is 10.5 Å². The van der Waals surface area contributed by atoms with Crippen LogP contribution in [-0.2, 0) is 16.1 Å². The second-order valence-electron chi connectivity index (χ2n) is 10.4. The Morgan fingerprint density at radius 1 is 1.16 bits per heavy atom. The number of ether oxygens (including phenoxy) is 2. The number of nitrogens with one attached hydrogen (secondary N) is 1. The molecular formula is C27H30Cl2N4O4. The molecule has 2 aromatic rings. The molecule has 0 spiro atoms. The summed E-state index contributed by atoms with van der Waals surface area (Å²) in [7, 11) is 0. The molecule has 0 amide bonds. The van der Waals surface area contributed by atoms with Crippen molar-refractivity contribution in [3.63, 3.8) is 0 Å². The average Bonchev–Trinajstić information content (AvgIpc) is 3.11. The minimum absolute atomic E-state index is 0.130. The predicted octanol–water partition coefficient (Wildman–Crippen LogP) is 5.97. The van der Waals surface area contributed by atoms with Crippen LogP contribution in [-0.4, -0.2) is 29.4 Å². The number of hydrogen-bond acceptors (Lipinski definition) is 7. The normalized spacial score (nSPS) is 21.3. The zero-order valence-corrected chi connectivity index (χ0v) is 22.6. The molecule has 2 aliphatic heterocycles. The highest BCUT2D eigenvalue weighted by Gasteiger charge is 2.31. The number of allylic oxidation sites excluding steroid dienone is 1. The van der Waals surface area contributed by atoms with Gasteiger partial charge in [0.15, 0.2) is 0 Å². The summed E-state index contributed by atoms with van der Waals surface area (Å²) in [6.07, 6.45) is 6.62. The third-order valence-electron chi connectivity index (χ3n) is 6.48. The van der Waals surface area contributed by atoms with E-state index in [9.17, 15) is 4.79 Å². The summed E-state index contributed by atoms with van der Waals surface area (Å²) in [6.45, 7) is 6.03. The Hall–Kier alpha value is -2.97. The molecule has 1 saturated carbocycles. The van der Waals surface area contributed by atoms with Crippen molar-refractivity contribution in [1.29, 1.82) is 0 Å². The highest BCUT2D eigenvalue weighted by Crippen LogP contribution is 2.35. The number of aromatic amines is 1. The second-order valence-corrected chi connectivity index (χ2v) is 11.3. The van der Waals surface area contributed by atoms with Crippen LogP contribution in [0.25, 0.3) is 11.8 Å². The van der Waals surface area contributed by atoms with Crippen LogP contribution in [0.1, 0.15) is 52.0 Å². The lowest BCUT2D eigenvalue weighted by Gasteiger charge is -2.29. The third-order valence-corrected chi connectivity index (χ3v) is 6.98. The van der Waals surface area contributed by atoms with E-state index in [1.54, 1.807) is 26.8 Å². The molecule has 0 atom stereocenters. The first-order chi connectivity index (χ1) is 17.7. The molecule has 5 rings (SSSR count). The summed E-state index contributed by atoms with van der Waals surface area (Å²) >= 11 is 12.5. The molecule has 8 nitrogen and oxygen atoms in total. The minimum Gasteiger partial charge on any atom is -0.490 e. The monoisotopic (exact) mass is 544 g/mol. The topological polar surface area (TPSA) is 88.5 Å². The highest BCUT2D eigenvalue weighted by atomic mass is 35.5. The number of H-pyrrole nitrogens is 1. The number of aromatic nitrogens is 1. The van der Waals surface area contributed by atoms with Crippen LogP contribution in [0.15, 0.2) is 45.6 Å². The molecule has 3 heterocycles. The van der Waals surface area contributed by atoms with Crippen molar-refractivity contribution in [3.8, 4) is 5.75 Å². The van der Waals surface area contributed by atoms with Gasteiger partial charge in [0.05, 0.1) is 35.6 Å². The van der Waals surface area contributed by atoms with Gasteiger partial charge in [-0.05, 0) is 76.8 Å². The van der Waals surface area contributed by atoms with Gasteiger partial charge in [-0.2, -0.15) is 15.3 Å². The molecule has 1 aromatic carbocycles. The molecule has 196 valence electrons. The molecule has 1 fully saturated rings. The smallest absolute Gasteiger partial charge is 0.490 e. The first-order valence-electron chi connectivity index (χ1n) is 12.5. The maximum absolute atomic E-state index is 12.5. The number of fused-ring (bicyclic) bond motifs is 3. The second kappa shape index (κ2) is 10.4. The Morgan fingerprint density at radius 2 is 1.95 bits per heavy atom. The van der Waals surface area contributed by atoms with E-state index < -0.39 is 11.8 Å². The van der Waals surface area contributed by atoms with E-state index in [0.29, 0.717) is 16.6 Å². The lowest BCUT2D eigenvalue weighted by molar-refractivity contribution is -0.0116. The lowest BCUT2D eigenvalue weighted by atomic mass is 9.84. The van der Waals surface area contributed by atoms with Gasteiger partial charge in [0.25, 0.3) is 0 Å². The Labute approximate surface area is 225 Å². The molecule has 0 saturated heterocycles. The van der Waals surface area contributed by atoms with Crippen LogP contribution in [0, 0.1) is 5.92 Å². The quantitative estimate of drug-likeness (QED) is 0.479. The van der Waals surface area contributed by atoms with Gasteiger partial charge < -0.3 is 19.3 Å². The summed E-state index contributed by atoms with van der Waals surface area (Å²) in [5, 5.41) is 13.4. The van der Waals surface area contributed by atoms with Crippen LogP contribution in [0.3, 0.4) is 0 Å². The summed E-state index contributed by atoms with van der Waals surface area (Å²) in [5.74, 6) is 1.03. The average molecular weight is 545 g/mol. The molecule has 1 aliphatic carbocycles. The van der Waals surface area contributed by atoms with Gasteiger partial charge in [0.2, 0.25) is 0 Å². The number of anilines is 1. The van der Waals surface area contributed by atoms with Crippen LogP contribution < -0.4 is 20.5 Å². The fraction of sp³-hybridized carbons (Fsp3) is 0.444. The molecule has 0 bridgehead atoms. The van der Waals surface area contributed by atoms with Crippen molar-refractivity contribution in [2.75, 3.05) is 11.6 Å². The minimum atomic E-state index is -0.778. The van der Waals surface area contributed by atoms with Crippen LogP contribution >= 0.6 is 23.2 Å². The Bertz CT molecular complexity index is 1370. The molecular weight excluding hydrogens is 515 g/mol. The number of carbonyl (C=O) groups is 1. The van der Waals surface area contributed by atoms with E-state index in [4.69, 9.17) is 37.5 Å². The predicted molar refractivity (Wildman–Crippen MR) is 143 cm³/mol. The number of nitrogens with zero attached hydrogens (tertiary/aromatic N) is 3. The molecule has 0 unspecified atom stereocenters. The van der Waals surface area contributed by atoms with E-state index >= 15 is 0 Å². The van der Waals surface area contributed by atoms with E-state index in [0.717, 1.165) is 59.1 Å². The van der Waals surface area contributed by atoms with Gasteiger partial charge in [-0.25, -0.2) is 4.79 Å². The third kappa shape index (κ3) is 5.96. The molecule has 1 N–H and O–H groups in total. The van der Waals surface area contributed by atoms with Gasteiger partial charge in [0, 0.05) is 21.5 Å². The van der Waals surface area contributed by atoms with Crippen LogP contribution in [0.5, 0.6) is 5.75 Å². The lowest BCUT2D eigenvalue weighted by Crippen LogP contribution is -2.34. The Kier molecular flexibility index (Phi) is 7.23. The Morgan fingerprint density at radius 3 is 2.68 bits per heavy atom. The standard InChI is InChI=1S/C27H30Cl2N4O4/c1-27(2,3)36-26(34)37-33-12-11-18(29)14-22-25(33)21-15-30-32-23(24(21)31-22)16-7-9-19(10-8-16)35-20-6-4-5-17(28)13-20/h4-6,11,13-14,16,19,31H,7-10,12,15H2,1-3H3/t16-,19-. The fourth-order valence-corrected chi connectivity index (χ4v) is 5.28. The van der Waals surface area contributed by atoms with Gasteiger partial charge in [-0.1, -0.05) is 29.3 Å². The zero-order chi connectivity index (χ0) is 26.2. The SMILES string of the molecule is CC(C)(C)OC(=O)ON1CC=C(Cl)C=c2[nH]c3c(c21)CN=NC=3[C@H]1CC[C@H](Oc2cccc(Cl)c2)CC1. The highest BCUT2D eigenvalue weighted by molar-refractivity contribution is 6.34. The number of carbonyl (C=O) groups excluding carboxylic acids is 1. The van der Waals surface area contributed by atoms with Crippen molar-refractivity contribution < 1.29 is 19.1 Å². The summed E-state index contributed by atoms with van der Waals surface area (Å²) in [6, 6.07) is 7.51. The van der Waals surface area contributed by atoms with E-state index in [2.05, 4.69) is 15.2 Å². The molecule has 0 radical (unpaired) electrons. The molecule has 37 heavy (non-hydrogen) atoms. The summed E-state index contributed by atoms with van der Waals surface area (Å²) < 4.78 is 11.5. The van der Waals surface area contributed by atoms with Crippen molar-refractivity contribution in [3.05, 3.63) is 56.7 Å². The fourth-order valence-electron chi connectivity index (χ4n) is 4.92. The number of rotatable bonds is 4. The Balaban J connectivity index is 1.40. The van der Waals surface area contributed by atoms with Crippen molar-refractivity contribution >= 4 is 46.8 Å². The number of benzene rings is 1. The maximum Gasteiger partial charge on any atom is 0.533 e. The van der Waals surface area contributed by atoms with Gasteiger partial charge >= 0.3 is 6.16 Å². The van der Waals surface area contributed by atoms with E-state index in [1.165, 1.54) is 5.06 Å². The zero-order valence-electron chi connectivity index (χ0n) is 21.1. The maximum atomic E-state index is 12.5. The first-order valence-corrected chi connectivity index (χ1v) is 13.2. The molecule has 1 aromatic heterocycles. The number of hydroxylamine groups is 1. The van der Waals surface area contributed by atoms with Crippen molar-refractivity contribution in [2.24, 2.45) is 16.1 Å². The first kappa shape index (κ1) is 25.7. The van der Waals surface area contributed by atoms with Crippen molar-refractivity contribution in [2.45, 2.75) is 64.7 Å². The van der Waals surface area contributed by atoms with Crippen molar-refractivity contribution in [1.82, 2.24) is 4.98 Å². The summed E-state index contributed by atoms with van der Waals surface area (Å²) in [4.78, 5) is 21.6. The molecule has 10 heteroatoms. The largest absolute Gasteiger partial charge is 0.533 e. The van der Waals surface area contributed by atoms with Crippen LogP contribution in [0.2, 0.25) is 5.02 Å². The van der Waals surface area contributed by atoms with E-state index in [-0.39, 0.29) is 18.6 Å². The van der Waals surface area contributed by atoms with E-state index in [1.807, 2.05) is 30.3 Å².